The molecule has 19 heavy (non-hydrogen) atoms. The van der Waals surface area contributed by atoms with Gasteiger partial charge in [0.1, 0.15) is 5.75 Å². The molecule has 0 unspecified atom stereocenters. The standard InChI is InChI=1S/C12H10BrF2NO3/c1-2-18-11(17)5-7-4-10(19-12(14)15)9(13)3-8(7)6-16/h3-4,12H,2,5H2,1H3. The van der Waals surface area contributed by atoms with Crippen molar-refractivity contribution in [1.82, 2.24) is 0 Å². The van der Waals surface area contributed by atoms with E-state index in [1.807, 2.05) is 6.07 Å². The van der Waals surface area contributed by atoms with Crippen LogP contribution in [0.1, 0.15) is 18.1 Å². The fourth-order valence-corrected chi connectivity index (χ4v) is 1.84. The number of carbonyl (C=O) groups excluding carboxylic acids is 1. The molecule has 0 saturated heterocycles. The van der Waals surface area contributed by atoms with Gasteiger partial charge in [0, 0.05) is 0 Å². The molecule has 0 aliphatic heterocycles. The second kappa shape index (κ2) is 7.04. The fraction of sp³-hybridized carbons (Fsp3) is 0.333. The Balaban J connectivity index is 3.07. The quantitative estimate of drug-likeness (QED) is 0.777. The molecule has 0 aliphatic rings. The molecule has 0 radical (unpaired) electrons. The SMILES string of the molecule is CCOC(=O)Cc1cc(OC(F)F)c(Br)cc1C#N. The van der Waals surface area contributed by atoms with Crippen molar-refractivity contribution in [2.45, 2.75) is 20.0 Å². The molecule has 0 fully saturated rings. The van der Waals surface area contributed by atoms with Crippen molar-refractivity contribution in [2.75, 3.05) is 6.61 Å². The summed E-state index contributed by atoms with van der Waals surface area (Å²) < 4.78 is 33.6. The van der Waals surface area contributed by atoms with Gasteiger partial charge >= 0.3 is 12.6 Å². The van der Waals surface area contributed by atoms with E-state index in [0.717, 1.165) is 0 Å². The van der Waals surface area contributed by atoms with Crippen molar-refractivity contribution in [3.8, 4) is 11.8 Å². The number of hydrogen-bond donors (Lipinski definition) is 0. The van der Waals surface area contributed by atoms with E-state index in [1.54, 1.807) is 6.92 Å². The number of rotatable bonds is 5. The smallest absolute Gasteiger partial charge is 0.387 e. The molecular formula is C12H10BrF2NO3. The molecule has 1 rings (SSSR count). The van der Waals surface area contributed by atoms with Gasteiger partial charge in [-0.1, -0.05) is 0 Å². The van der Waals surface area contributed by atoms with Crippen LogP contribution in [0.4, 0.5) is 8.78 Å². The maximum absolute atomic E-state index is 12.2. The van der Waals surface area contributed by atoms with Crippen molar-refractivity contribution in [1.29, 1.82) is 5.26 Å². The van der Waals surface area contributed by atoms with Crippen molar-refractivity contribution >= 4 is 21.9 Å². The normalized spacial score (nSPS) is 10.1. The Morgan fingerprint density at radius 3 is 2.74 bits per heavy atom. The van der Waals surface area contributed by atoms with Crippen LogP contribution in [0.15, 0.2) is 16.6 Å². The Kier molecular flexibility index (Phi) is 5.70. The molecule has 0 N–H and O–H groups in total. The zero-order chi connectivity index (χ0) is 14.4. The lowest BCUT2D eigenvalue weighted by Crippen LogP contribution is -2.10. The third-order valence-corrected chi connectivity index (χ3v) is 2.75. The first-order chi connectivity index (χ1) is 8.97. The number of hydrogen-bond acceptors (Lipinski definition) is 4. The lowest BCUT2D eigenvalue weighted by molar-refractivity contribution is -0.142. The van der Waals surface area contributed by atoms with Crippen LogP contribution >= 0.6 is 15.9 Å². The van der Waals surface area contributed by atoms with Crippen molar-refractivity contribution in [3.05, 3.63) is 27.7 Å². The number of esters is 1. The van der Waals surface area contributed by atoms with E-state index >= 15 is 0 Å². The van der Waals surface area contributed by atoms with Crippen LogP contribution in [0.3, 0.4) is 0 Å². The van der Waals surface area contributed by atoms with Crippen LogP contribution in [-0.2, 0) is 16.0 Å². The lowest BCUT2D eigenvalue weighted by atomic mass is 10.1. The van der Waals surface area contributed by atoms with Gasteiger partial charge in [0.25, 0.3) is 0 Å². The predicted molar refractivity (Wildman–Crippen MR) is 65.8 cm³/mol. The van der Waals surface area contributed by atoms with E-state index < -0.39 is 12.6 Å². The number of ether oxygens (including phenoxy) is 2. The molecule has 4 nitrogen and oxygen atoms in total. The van der Waals surface area contributed by atoms with Crippen molar-refractivity contribution < 1.29 is 23.0 Å². The minimum absolute atomic E-state index is 0.131. The second-order valence-corrected chi connectivity index (χ2v) is 4.27. The van der Waals surface area contributed by atoms with E-state index in [2.05, 4.69) is 20.7 Å². The number of nitriles is 1. The average Bonchev–Trinajstić information content (AvgIpc) is 2.32. The van der Waals surface area contributed by atoms with Crippen LogP contribution in [0.2, 0.25) is 0 Å². The fourth-order valence-electron chi connectivity index (χ4n) is 1.40. The minimum Gasteiger partial charge on any atom is -0.466 e. The molecule has 0 heterocycles. The molecule has 1 aromatic carbocycles. The van der Waals surface area contributed by atoms with Crippen LogP contribution in [0.5, 0.6) is 5.75 Å². The third kappa shape index (κ3) is 4.48. The van der Waals surface area contributed by atoms with Crippen LogP contribution in [0, 0.1) is 11.3 Å². The zero-order valence-electron chi connectivity index (χ0n) is 9.95. The molecule has 0 aliphatic carbocycles. The van der Waals surface area contributed by atoms with Gasteiger partial charge in [0.05, 0.1) is 29.1 Å². The number of nitrogens with zero attached hydrogens (tertiary/aromatic N) is 1. The topological polar surface area (TPSA) is 59.3 Å². The Labute approximate surface area is 117 Å². The van der Waals surface area contributed by atoms with Crippen LogP contribution < -0.4 is 4.74 Å². The average molecular weight is 334 g/mol. The maximum Gasteiger partial charge on any atom is 0.387 e. The molecule has 0 spiro atoms. The van der Waals surface area contributed by atoms with Gasteiger partial charge in [-0.15, -0.1) is 0 Å². The Hall–Kier alpha value is -1.68. The highest BCUT2D eigenvalue weighted by Crippen LogP contribution is 2.30. The number of alkyl halides is 2. The van der Waals surface area contributed by atoms with E-state index in [1.165, 1.54) is 12.1 Å². The molecule has 102 valence electrons. The Bertz CT molecular complexity index is 514. The first-order valence-electron chi connectivity index (χ1n) is 5.30. The van der Waals surface area contributed by atoms with E-state index in [-0.39, 0.29) is 34.4 Å². The largest absolute Gasteiger partial charge is 0.466 e. The zero-order valence-corrected chi connectivity index (χ0v) is 11.5. The summed E-state index contributed by atoms with van der Waals surface area (Å²) in [6.45, 7) is -1.13. The highest BCUT2D eigenvalue weighted by molar-refractivity contribution is 9.10. The van der Waals surface area contributed by atoms with E-state index in [9.17, 15) is 13.6 Å². The van der Waals surface area contributed by atoms with Crippen LogP contribution in [0.25, 0.3) is 0 Å². The summed E-state index contributed by atoms with van der Waals surface area (Å²) in [6, 6.07) is 4.44. The van der Waals surface area contributed by atoms with Crippen molar-refractivity contribution in [3.63, 3.8) is 0 Å². The molecule has 0 atom stereocenters. The van der Waals surface area contributed by atoms with Gasteiger partial charge < -0.3 is 9.47 Å². The maximum atomic E-state index is 12.2. The number of benzene rings is 1. The number of halogens is 3. The van der Waals surface area contributed by atoms with Gasteiger partial charge in [-0.05, 0) is 40.5 Å². The first kappa shape index (κ1) is 15.4. The molecule has 0 aromatic heterocycles. The van der Waals surface area contributed by atoms with Gasteiger partial charge in [-0.3, -0.25) is 4.79 Å². The summed E-state index contributed by atoms with van der Waals surface area (Å²) in [7, 11) is 0. The predicted octanol–water partition coefficient (Wildman–Crippen LogP) is 3.03. The molecule has 0 bridgehead atoms. The molecule has 7 heteroatoms. The third-order valence-electron chi connectivity index (χ3n) is 2.13. The summed E-state index contributed by atoms with van der Waals surface area (Å²) in [4.78, 5) is 11.4. The lowest BCUT2D eigenvalue weighted by Gasteiger charge is -2.10. The second-order valence-electron chi connectivity index (χ2n) is 3.41. The molecule has 0 amide bonds. The Morgan fingerprint density at radius 2 is 2.21 bits per heavy atom. The minimum atomic E-state index is -2.99. The first-order valence-corrected chi connectivity index (χ1v) is 6.10. The highest BCUT2D eigenvalue weighted by Gasteiger charge is 2.15. The summed E-state index contributed by atoms with van der Waals surface area (Å²) in [5.41, 5.74) is 0.473. The summed E-state index contributed by atoms with van der Waals surface area (Å²) in [6.07, 6.45) is -0.177. The summed E-state index contributed by atoms with van der Waals surface area (Å²) in [5, 5.41) is 8.95. The van der Waals surface area contributed by atoms with Gasteiger partial charge in [-0.25, -0.2) is 0 Å². The van der Waals surface area contributed by atoms with Gasteiger partial charge in [0.15, 0.2) is 0 Å². The van der Waals surface area contributed by atoms with Gasteiger partial charge in [-0.2, -0.15) is 14.0 Å². The van der Waals surface area contributed by atoms with Gasteiger partial charge in [0.2, 0.25) is 0 Å². The highest BCUT2D eigenvalue weighted by atomic mass is 79.9. The Morgan fingerprint density at radius 1 is 1.53 bits per heavy atom. The van der Waals surface area contributed by atoms with Crippen LogP contribution in [-0.4, -0.2) is 19.2 Å². The molecule has 0 saturated carbocycles. The van der Waals surface area contributed by atoms with E-state index in [4.69, 9.17) is 10.00 Å². The molecular weight excluding hydrogens is 324 g/mol. The van der Waals surface area contributed by atoms with E-state index in [0.29, 0.717) is 0 Å². The summed E-state index contributed by atoms with van der Waals surface area (Å²) in [5.74, 6) is -0.669. The van der Waals surface area contributed by atoms with Crippen molar-refractivity contribution in [2.24, 2.45) is 0 Å². The number of carbonyl (C=O) groups is 1. The molecule has 1 aromatic rings. The monoisotopic (exact) mass is 333 g/mol. The summed E-state index contributed by atoms with van der Waals surface area (Å²) >= 11 is 3.02.